The molecule has 6 heteroatoms. The first-order valence-electron chi connectivity index (χ1n) is 9.53. The second-order valence-electron chi connectivity index (χ2n) is 7.82. The van der Waals surface area contributed by atoms with Crippen LogP contribution in [0.4, 0.5) is 5.82 Å². The van der Waals surface area contributed by atoms with Crippen molar-refractivity contribution in [3.63, 3.8) is 0 Å². The van der Waals surface area contributed by atoms with Gasteiger partial charge in [-0.05, 0) is 45.0 Å². The zero-order chi connectivity index (χ0) is 19.1. The summed E-state index contributed by atoms with van der Waals surface area (Å²) < 4.78 is 0. The summed E-state index contributed by atoms with van der Waals surface area (Å²) in [5.74, 6) is 1.38. The number of anilines is 1. The van der Waals surface area contributed by atoms with Gasteiger partial charge in [0.15, 0.2) is 0 Å². The molecule has 144 valence electrons. The minimum atomic E-state index is -0.0283. The maximum Gasteiger partial charge on any atom is 0.255 e. The molecule has 1 aliphatic heterocycles. The smallest absolute Gasteiger partial charge is 0.255 e. The number of Topliss-reactive ketones (excluding diaryl/α,β-unsaturated/α-hetero) is 1. The Morgan fingerprint density at radius 3 is 2.73 bits per heavy atom. The summed E-state index contributed by atoms with van der Waals surface area (Å²) in [6, 6.07) is 3.65. The molecule has 1 N–H and O–H groups in total. The van der Waals surface area contributed by atoms with Crippen molar-refractivity contribution in [1.82, 2.24) is 14.8 Å². The normalized spacial score (nSPS) is 17.6. The van der Waals surface area contributed by atoms with Gasteiger partial charge in [-0.2, -0.15) is 0 Å². The molecule has 2 heterocycles. The number of likely N-dealkylation sites (tertiary alicyclic amines) is 1. The Morgan fingerprint density at radius 2 is 2.12 bits per heavy atom. The lowest BCUT2D eigenvalue weighted by Crippen LogP contribution is -2.42. The van der Waals surface area contributed by atoms with Crippen molar-refractivity contribution in [3.05, 3.63) is 23.9 Å². The Labute approximate surface area is 157 Å². The lowest BCUT2D eigenvalue weighted by molar-refractivity contribution is -0.124. The molecule has 26 heavy (non-hydrogen) atoms. The second-order valence-corrected chi connectivity index (χ2v) is 7.82. The van der Waals surface area contributed by atoms with Gasteiger partial charge in [-0.15, -0.1) is 0 Å². The lowest BCUT2D eigenvalue weighted by Gasteiger charge is -2.32. The van der Waals surface area contributed by atoms with Crippen molar-refractivity contribution < 1.29 is 9.59 Å². The fraction of sp³-hybridized carbons (Fsp3) is 0.650. The molecule has 1 atom stereocenters. The average molecular weight is 361 g/mol. The van der Waals surface area contributed by atoms with Gasteiger partial charge in [-0.3, -0.25) is 9.59 Å². The number of likely N-dealkylation sites (N-methyl/N-ethyl adjacent to an activating group) is 1. The quantitative estimate of drug-likeness (QED) is 0.772. The molecule has 1 fully saturated rings. The number of ketones is 1. The zero-order valence-corrected chi connectivity index (χ0v) is 16.5. The molecule has 0 spiro atoms. The molecule has 0 aliphatic carbocycles. The number of carbonyl (C=O) groups excluding carboxylic acids is 2. The molecule has 0 bridgehead atoms. The standard InChI is InChI=1S/C20H32N4O2/c1-15(2)12-18(25)17-6-5-10-24(14-17)20(26)16-7-8-19(22-13-16)21-9-11-23(3)4/h7-8,13,15,17H,5-6,9-12,14H2,1-4H3,(H,21,22)/t17-/m0/s1. The molecule has 2 rings (SSSR count). The lowest BCUT2D eigenvalue weighted by atomic mass is 9.89. The Bertz CT molecular complexity index is 598. The Morgan fingerprint density at radius 1 is 1.35 bits per heavy atom. The number of piperidine rings is 1. The maximum atomic E-state index is 12.8. The SMILES string of the molecule is CC(C)CC(=O)[C@H]1CCCN(C(=O)c2ccc(NCCN(C)C)nc2)C1. The van der Waals surface area contributed by atoms with Crippen LogP contribution in [0.2, 0.25) is 0 Å². The van der Waals surface area contributed by atoms with Crippen LogP contribution in [-0.4, -0.2) is 66.7 Å². The zero-order valence-electron chi connectivity index (χ0n) is 16.5. The van der Waals surface area contributed by atoms with Crippen LogP contribution in [0.3, 0.4) is 0 Å². The number of rotatable bonds is 8. The molecule has 0 unspecified atom stereocenters. The van der Waals surface area contributed by atoms with Crippen LogP contribution in [0.15, 0.2) is 18.3 Å². The summed E-state index contributed by atoms with van der Waals surface area (Å²) in [6.45, 7) is 7.09. The number of aromatic nitrogens is 1. The monoisotopic (exact) mass is 360 g/mol. The molecule has 1 aliphatic rings. The van der Waals surface area contributed by atoms with Gasteiger partial charge < -0.3 is 15.1 Å². The predicted molar refractivity (Wildman–Crippen MR) is 104 cm³/mol. The van der Waals surface area contributed by atoms with Crippen molar-refractivity contribution in [1.29, 1.82) is 0 Å². The number of carbonyl (C=O) groups is 2. The van der Waals surface area contributed by atoms with Crippen LogP contribution in [0, 0.1) is 11.8 Å². The van der Waals surface area contributed by atoms with Gasteiger partial charge in [0.1, 0.15) is 11.6 Å². The van der Waals surface area contributed by atoms with E-state index in [2.05, 4.69) is 29.0 Å². The number of amides is 1. The van der Waals surface area contributed by atoms with Gasteiger partial charge in [0.05, 0.1) is 5.56 Å². The number of hydrogen-bond acceptors (Lipinski definition) is 5. The van der Waals surface area contributed by atoms with E-state index in [-0.39, 0.29) is 17.6 Å². The van der Waals surface area contributed by atoms with Crippen molar-refractivity contribution in [2.75, 3.05) is 45.6 Å². The summed E-state index contributed by atoms with van der Waals surface area (Å²) in [6.07, 6.45) is 4.00. The van der Waals surface area contributed by atoms with E-state index in [4.69, 9.17) is 0 Å². The molecule has 0 saturated carbocycles. The molecule has 0 aromatic carbocycles. The molecule has 6 nitrogen and oxygen atoms in total. The van der Waals surface area contributed by atoms with E-state index < -0.39 is 0 Å². The van der Waals surface area contributed by atoms with Crippen LogP contribution < -0.4 is 5.32 Å². The van der Waals surface area contributed by atoms with Crippen LogP contribution in [0.1, 0.15) is 43.5 Å². The number of hydrogen-bond donors (Lipinski definition) is 1. The summed E-state index contributed by atoms with van der Waals surface area (Å²) >= 11 is 0. The first-order chi connectivity index (χ1) is 12.4. The van der Waals surface area contributed by atoms with E-state index in [1.165, 1.54) is 0 Å². The topological polar surface area (TPSA) is 65.5 Å². The second kappa shape index (κ2) is 9.67. The third-order valence-corrected chi connectivity index (χ3v) is 4.65. The highest BCUT2D eigenvalue weighted by molar-refractivity contribution is 5.94. The highest BCUT2D eigenvalue weighted by Crippen LogP contribution is 2.22. The van der Waals surface area contributed by atoms with E-state index in [1.54, 1.807) is 6.20 Å². The summed E-state index contributed by atoms with van der Waals surface area (Å²) in [5, 5.41) is 3.24. The molecular weight excluding hydrogens is 328 g/mol. The fourth-order valence-corrected chi connectivity index (χ4v) is 3.21. The Hall–Kier alpha value is -1.95. The van der Waals surface area contributed by atoms with Crippen LogP contribution >= 0.6 is 0 Å². The van der Waals surface area contributed by atoms with Crippen LogP contribution in [0.5, 0.6) is 0 Å². The number of nitrogens with zero attached hydrogens (tertiary/aromatic N) is 3. The number of pyridine rings is 1. The largest absolute Gasteiger partial charge is 0.369 e. The van der Waals surface area contributed by atoms with Crippen molar-refractivity contribution in [2.24, 2.45) is 11.8 Å². The van der Waals surface area contributed by atoms with E-state index in [0.717, 1.165) is 31.7 Å². The van der Waals surface area contributed by atoms with Crippen molar-refractivity contribution >= 4 is 17.5 Å². The van der Waals surface area contributed by atoms with E-state index in [9.17, 15) is 9.59 Å². The molecular formula is C20H32N4O2. The van der Waals surface area contributed by atoms with Crippen molar-refractivity contribution in [3.8, 4) is 0 Å². The molecule has 1 saturated heterocycles. The van der Waals surface area contributed by atoms with Gasteiger partial charge in [0.25, 0.3) is 5.91 Å². The first-order valence-corrected chi connectivity index (χ1v) is 9.53. The highest BCUT2D eigenvalue weighted by atomic mass is 16.2. The molecule has 1 aromatic rings. The Balaban J connectivity index is 1.92. The Kier molecular flexibility index (Phi) is 7.57. The molecule has 1 amide bonds. The van der Waals surface area contributed by atoms with Crippen LogP contribution in [-0.2, 0) is 4.79 Å². The minimum absolute atomic E-state index is 0.0185. The minimum Gasteiger partial charge on any atom is -0.369 e. The molecule has 1 aromatic heterocycles. The summed E-state index contributed by atoms with van der Waals surface area (Å²) in [7, 11) is 4.04. The van der Waals surface area contributed by atoms with Gasteiger partial charge >= 0.3 is 0 Å². The predicted octanol–water partition coefficient (Wildman–Crippen LogP) is 2.52. The van der Waals surface area contributed by atoms with Gasteiger partial charge in [0.2, 0.25) is 0 Å². The highest BCUT2D eigenvalue weighted by Gasteiger charge is 2.29. The first kappa shape index (κ1) is 20.4. The summed E-state index contributed by atoms with van der Waals surface area (Å²) in [4.78, 5) is 33.3. The third-order valence-electron chi connectivity index (χ3n) is 4.65. The van der Waals surface area contributed by atoms with Gasteiger partial charge in [-0.25, -0.2) is 4.98 Å². The third kappa shape index (κ3) is 6.09. The summed E-state index contributed by atoms with van der Waals surface area (Å²) in [5.41, 5.74) is 0.583. The van der Waals surface area contributed by atoms with E-state index >= 15 is 0 Å². The average Bonchev–Trinajstić information content (AvgIpc) is 2.61. The number of nitrogens with one attached hydrogen (secondary N) is 1. The van der Waals surface area contributed by atoms with Gasteiger partial charge in [-0.1, -0.05) is 13.8 Å². The molecule has 0 radical (unpaired) electrons. The van der Waals surface area contributed by atoms with E-state index in [0.29, 0.717) is 31.0 Å². The fourth-order valence-electron chi connectivity index (χ4n) is 3.21. The maximum absolute atomic E-state index is 12.8. The van der Waals surface area contributed by atoms with Gasteiger partial charge in [0, 0.05) is 44.7 Å². The van der Waals surface area contributed by atoms with E-state index in [1.807, 2.05) is 31.1 Å². The van der Waals surface area contributed by atoms with Crippen LogP contribution in [0.25, 0.3) is 0 Å². The van der Waals surface area contributed by atoms with Crippen molar-refractivity contribution in [2.45, 2.75) is 33.1 Å².